The van der Waals surface area contributed by atoms with Crippen LogP contribution >= 0.6 is 12.2 Å². The Hall–Kier alpha value is -2.73. The molecule has 126 valence electrons. The fourth-order valence-electron chi connectivity index (χ4n) is 3.25. The van der Waals surface area contributed by atoms with Crippen molar-refractivity contribution in [3.8, 4) is 0 Å². The third kappa shape index (κ3) is 2.89. The number of halogens is 1. The smallest absolute Gasteiger partial charge is 0.174 e. The van der Waals surface area contributed by atoms with Crippen LogP contribution in [0.25, 0.3) is 0 Å². The lowest BCUT2D eigenvalue weighted by atomic mass is 10.0. The normalized spacial score (nSPS) is 19.9. The number of aryl methyl sites for hydroxylation is 1. The summed E-state index contributed by atoms with van der Waals surface area (Å²) in [5.74, 6) is -0.268. The third-order valence-corrected chi connectivity index (χ3v) is 4.69. The molecule has 2 atom stereocenters. The van der Waals surface area contributed by atoms with E-state index >= 15 is 0 Å². The van der Waals surface area contributed by atoms with Crippen molar-refractivity contribution in [2.24, 2.45) is 0 Å². The number of benzene rings is 1. The summed E-state index contributed by atoms with van der Waals surface area (Å²) < 4.78 is 13.4. The van der Waals surface area contributed by atoms with Gasteiger partial charge in [0.25, 0.3) is 0 Å². The molecule has 0 amide bonds. The van der Waals surface area contributed by atoms with Gasteiger partial charge in [0, 0.05) is 23.3 Å². The highest BCUT2D eigenvalue weighted by molar-refractivity contribution is 7.80. The standard InChI is InChI=1S/C19H17FN4S/c1-12-5-10-16(22-12)18-17(15-4-2-3-11-21-15)23-19(25)24(18)14-8-6-13(20)7-9-14/h2-11,17-18,22H,1H3,(H,23,25)/t17-,18-/m0/s1. The molecule has 1 aliphatic rings. The number of aromatic nitrogens is 2. The van der Waals surface area contributed by atoms with Crippen LogP contribution in [-0.2, 0) is 0 Å². The first-order valence-electron chi connectivity index (χ1n) is 8.05. The predicted molar refractivity (Wildman–Crippen MR) is 99.9 cm³/mol. The first kappa shape index (κ1) is 15.8. The van der Waals surface area contributed by atoms with E-state index in [9.17, 15) is 4.39 Å². The van der Waals surface area contributed by atoms with E-state index in [2.05, 4.69) is 21.4 Å². The van der Waals surface area contributed by atoms with Crippen LogP contribution in [0, 0.1) is 12.7 Å². The number of thiocarbonyl (C=S) groups is 1. The highest BCUT2D eigenvalue weighted by Gasteiger charge is 2.41. The van der Waals surface area contributed by atoms with E-state index in [0.717, 1.165) is 22.8 Å². The van der Waals surface area contributed by atoms with Crippen molar-refractivity contribution in [3.63, 3.8) is 0 Å². The zero-order chi connectivity index (χ0) is 17.4. The molecule has 0 aliphatic carbocycles. The van der Waals surface area contributed by atoms with Gasteiger partial charge in [0.2, 0.25) is 0 Å². The molecule has 2 N–H and O–H groups in total. The average Bonchev–Trinajstić information content (AvgIpc) is 3.20. The summed E-state index contributed by atoms with van der Waals surface area (Å²) in [6.45, 7) is 2.02. The van der Waals surface area contributed by atoms with Gasteiger partial charge in [-0.2, -0.15) is 0 Å². The zero-order valence-electron chi connectivity index (χ0n) is 13.6. The van der Waals surface area contributed by atoms with Crippen molar-refractivity contribution in [2.75, 3.05) is 4.90 Å². The van der Waals surface area contributed by atoms with Crippen LogP contribution in [0.2, 0.25) is 0 Å². The average molecular weight is 352 g/mol. The Labute approximate surface area is 150 Å². The molecular formula is C19H17FN4S. The Morgan fingerprint density at radius 1 is 1.08 bits per heavy atom. The van der Waals surface area contributed by atoms with Gasteiger partial charge < -0.3 is 15.2 Å². The summed E-state index contributed by atoms with van der Waals surface area (Å²) in [6.07, 6.45) is 1.78. The molecule has 1 aromatic carbocycles. The van der Waals surface area contributed by atoms with Crippen LogP contribution in [0.15, 0.2) is 60.8 Å². The van der Waals surface area contributed by atoms with Gasteiger partial charge >= 0.3 is 0 Å². The first-order chi connectivity index (χ1) is 12.1. The summed E-state index contributed by atoms with van der Waals surface area (Å²) in [5, 5.41) is 3.97. The van der Waals surface area contributed by atoms with E-state index in [1.807, 2.05) is 36.1 Å². The van der Waals surface area contributed by atoms with Gasteiger partial charge in [0.15, 0.2) is 5.11 Å². The van der Waals surface area contributed by atoms with Crippen LogP contribution in [0.5, 0.6) is 0 Å². The molecule has 0 saturated carbocycles. The highest BCUT2D eigenvalue weighted by Crippen LogP contribution is 2.40. The molecule has 0 bridgehead atoms. The van der Waals surface area contributed by atoms with E-state index in [-0.39, 0.29) is 17.9 Å². The second-order valence-corrected chi connectivity index (χ2v) is 6.46. The molecule has 4 rings (SSSR count). The van der Waals surface area contributed by atoms with E-state index in [4.69, 9.17) is 12.2 Å². The topological polar surface area (TPSA) is 44.0 Å². The number of H-pyrrole nitrogens is 1. The van der Waals surface area contributed by atoms with Crippen LogP contribution in [0.1, 0.15) is 29.2 Å². The van der Waals surface area contributed by atoms with Crippen LogP contribution in [0.3, 0.4) is 0 Å². The molecule has 1 aliphatic heterocycles. The number of rotatable bonds is 3. The molecule has 6 heteroatoms. The Kier molecular flexibility index (Phi) is 3.97. The minimum Gasteiger partial charge on any atom is -0.361 e. The van der Waals surface area contributed by atoms with E-state index < -0.39 is 0 Å². The SMILES string of the molecule is Cc1ccc([C@H]2[C@H](c3ccccn3)NC(=S)N2c2ccc(F)cc2)[nH]1. The Morgan fingerprint density at radius 2 is 1.88 bits per heavy atom. The fourth-order valence-corrected chi connectivity index (χ4v) is 3.59. The van der Waals surface area contributed by atoms with E-state index in [1.54, 1.807) is 18.3 Å². The van der Waals surface area contributed by atoms with Crippen LogP contribution in [-0.4, -0.2) is 15.1 Å². The lowest BCUT2D eigenvalue weighted by molar-refractivity contribution is 0.557. The highest BCUT2D eigenvalue weighted by atomic mass is 32.1. The zero-order valence-corrected chi connectivity index (χ0v) is 14.4. The lowest BCUT2D eigenvalue weighted by Crippen LogP contribution is -2.29. The largest absolute Gasteiger partial charge is 0.361 e. The molecule has 3 aromatic rings. The predicted octanol–water partition coefficient (Wildman–Crippen LogP) is 4.03. The fraction of sp³-hybridized carbons (Fsp3) is 0.158. The Bertz CT molecular complexity index is 891. The van der Waals surface area contributed by atoms with Crippen molar-refractivity contribution in [1.82, 2.24) is 15.3 Å². The second kappa shape index (κ2) is 6.29. The van der Waals surface area contributed by atoms with Gasteiger partial charge in [-0.15, -0.1) is 0 Å². The lowest BCUT2D eigenvalue weighted by Gasteiger charge is -2.27. The number of pyridine rings is 1. The molecule has 4 nitrogen and oxygen atoms in total. The number of hydrogen-bond donors (Lipinski definition) is 2. The molecule has 0 spiro atoms. The molecule has 0 unspecified atom stereocenters. The van der Waals surface area contributed by atoms with Crippen molar-refractivity contribution in [2.45, 2.75) is 19.0 Å². The van der Waals surface area contributed by atoms with Crippen molar-refractivity contribution >= 4 is 23.0 Å². The summed E-state index contributed by atoms with van der Waals surface area (Å²) >= 11 is 5.60. The summed E-state index contributed by atoms with van der Waals surface area (Å²) in [4.78, 5) is 9.92. The number of anilines is 1. The van der Waals surface area contributed by atoms with Gasteiger partial charge in [-0.1, -0.05) is 6.07 Å². The van der Waals surface area contributed by atoms with Crippen molar-refractivity contribution < 1.29 is 4.39 Å². The van der Waals surface area contributed by atoms with Gasteiger partial charge in [-0.3, -0.25) is 4.98 Å². The van der Waals surface area contributed by atoms with E-state index in [0.29, 0.717) is 5.11 Å². The molecule has 0 radical (unpaired) electrons. The second-order valence-electron chi connectivity index (χ2n) is 6.07. The number of hydrogen-bond acceptors (Lipinski definition) is 2. The maximum Gasteiger partial charge on any atom is 0.174 e. The number of nitrogens with one attached hydrogen (secondary N) is 2. The number of nitrogens with zero attached hydrogens (tertiary/aromatic N) is 2. The Morgan fingerprint density at radius 3 is 2.52 bits per heavy atom. The molecule has 2 aromatic heterocycles. The van der Waals surface area contributed by atoms with E-state index in [1.165, 1.54) is 12.1 Å². The number of aromatic amines is 1. The van der Waals surface area contributed by atoms with Gasteiger partial charge in [-0.25, -0.2) is 4.39 Å². The van der Waals surface area contributed by atoms with Crippen LogP contribution < -0.4 is 10.2 Å². The van der Waals surface area contributed by atoms with Gasteiger partial charge in [0.05, 0.1) is 11.7 Å². The maximum atomic E-state index is 13.4. The molecule has 3 heterocycles. The third-order valence-electron chi connectivity index (χ3n) is 4.38. The quantitative estimate of drug-likeness (QED) is 0.699. The molecular weight excluding hydrogens is 335 g/mol. The summed E-state index contributed by atoms with van der Waals surface area (Å²) in [5.41, 5.74) is 3.86. The maximum absolute atomic E-state index is 13.4. The van der Waals surface area contributed by atoms with Crippen LogP contribution in [0.4, 0.5) is 10.1 Å². The first-order valence-corrected chi connectivity index (χ1v) is 8.46. The minimum atomic E-state index is -0.268. The molecule has 1 fully saturated rings. The monoisotopic (exact) mass is 352 g/mol. The minimum absolute atomic E-state index is 0.0958. The van der Waals surface area contributed by atoms with Crippen molar-refractivity contribution in [3.05, 3.63) is 83.7 Å². The summed E-state index contributed by atoms with van der Waals surface area (Å²) in [7, 11) is 0. The van der Waals surface area contributed by atoms with Gasteiger partial charge in [0.1, 0.15) is 11.9 Å². The molecule has 25 heavy (non-hydrogen) atoms. The van der Waals surface area contributed by atoms with Crippen molar-refractivity contribution in [1.29, 1.82) is 0 Å². The summed E-state index contributed by atoms with van der Waals surface area (Å²) in [6, 6.07) is 16.1. The van der Waals surface area contributed by atoms with Gasteiger partial charge in [-0.05, 0) is 67.7 Å². The Balaban J connectivity index is 1.81. The molecule has 1 saturated heterocycles.